The molecule has 0 aromatic heterocycles. The van der Waals surface area contributed by atoms with E-state index in [0.29, 0.717) is 17.9 Å². The molecule has 1 N–H and O–H groups in total. The zero-order chi connectivity index (χ0) is 25.9. The number of ether oxygens (including phenoxy) is 2. The lowest BCUT2D eigenvalue weighted by Gasteiger charge is -2.32. The lowest BCUT2D eigenvalue weighted by Crippen LogP contribution is -2.53. The van der Waals surface area contributed by atoms with Crippen molar-refractivity contribution < 1.29 is 19.1 Å². The van der Waals surface area contributed by atoms with Crippen molar-refractivity contribution >= 4 is 11.8 Å². The minimum absolute atomic E-state index is 0.00615. The van der Waals surface area contributed by atoms with Gasteiger partial charge in [0.05, 0.1) is 7.11 Å². The zero-order valence-corrected chi connectivity index (χ0v) is 21.6. The first-order valence-electron chi connectivity index (χ1n) is 12.4. The predicted molar refractivity (Wildman–Crippen MR) is 142 cm³/mol. The van der Waals surface area contributed by atoms with Gasteiger partial charge < -0.3 is 19.7 Å². The van der Waals surface area contributed by atoms with E-state index in [4.69, 9.17) is 9.47 Å². The number of amides is 2. The molecule has 6 heteroatoms. The fourth-order valence-corrected chi connectivity index (χ4v) is 3.83. The molecular formula is C30H36N2O4. The van der Waals surface area contributed by atoms with Gasteiger partial charge in [-0.2, -0.15) is 0 Å². The van der Waals surface area contributed by atoms with Crippen LogP contribution in [-0.2, 0) is 22.6 Å². The van der Waals surface area contributed by atoms with Crippen molar-refractivity contribution in [2.75, 3.05) is 13.7 Å². The second-order valence-electron chi connectivity index (χ2n) is 9.00. The molecule has 0 heterocycles. The van der Waals surface area contributed by atoms with Crippen molar-refractivity contribution in [2.45, 2.75) is 52.2 Å². The van der Waals surface area contributed by atoms with E-state index in [0.717, 1.165) is 23.1 Å². The molecule has 6 nitrogen and oxygen atoms in total. The molecule has 0 aliphatic rings. The summed E-state index contributed by atoms with van der Waals surface area (Å²) in [7, 11) is 1.61. The van der Waals surface area contributed by atoms with E-state index in [2.05, 4.69) is 5.32 Å². The van der Waals surface area contributed by atoms with Gasteiger partial charge in [-0.15, -0.1) is 0 Å². The van der Waals surface area contributed by atoms with Crippen LogP contribution in [0.1, 0.15) is 37.0 Å². The quantitative estimate of drug-likeness (QED) is 0.392. The number of rotatable bonds is 12. The van der Waals surface area contributed by atoms with Gasteiger partial charge in [-0.05, 0) is 55.7 Å². The first-order chi connectivity index (χ1) is 17.4. The van der Waals surface area contributed by atoms with Crippen LogP contribution in [-0.4, -0.2) is 42.5 Å². The Morgan fingerprint density at radius 3 is 2.28 bits per heavy atom. The van der Waals surface area contributed by atoms with Crippen LogP contribution in [0.3, 0.4) is 0 Å². The van der Waals surface area contributed by atoms with Gasteiger partial charge in [0.15, 0.2) is 6.61 Å². The van der Waals surface area contributed by atoms with Gasteiger partial charge in [-0.25, -0.2) is 0 Å². The number of methoxy groups -OCH3 is 1. The molecule has 0 aliphatic heterocycles. The highest BCUT2D eigenvalue weighted by molar-refractivity contribution is 5.88. The average molecular weight is 489 g/mol. The Kier molecular flexibility index (Phi) is 9.92. The maximum Gasteiger partial charge on any atom is 0.261 e. The third kappa shape index (κ3) is 7.87. The van der Waals surface area contributed by atoms with Crippen molar-refractivity contribution in [3.63, 3.8) is 0 Å². The summed E-state index contributed by atoms with van der Waals surface area (Å²) < 4.78 is 11.2. The zero-order valence-electron chi connectivity index (χ0n) is 21.6. The van der Waals surface area contributed by atoms with Gasteiger partial charge in [-0.1, -0.05) is 67.1 Å². The second-order valence-corrected chi connectivity index (χ2v) is 9.00. The van der Waals surface area contributed by atoms with E-state index >= 15 is 0 Å². The van der Waals surface area contributed by atoms with Crippen LogP contribution in [0.25, 0.3) is 0 Å². The maximum absolute atomic E-state index is 13.6. The standard InChI is InChI=1S/C30H36N2O4/c1-5-23(3)31-30(34)28(19-24-10-7-6-8-11-24)32(20-25-12-9-13-27(18-25)35-4)29(33)21-36-26-16-14-22(2)15-17-26/h6-18,23,28H,5,19-21H2,1-4H3,(H,31,34)/t23-,28+/m1/s1. The molecule has 2 amide bonds. The van der Waals surface area contributed by atoms with Gasteiger partial charge in [0.25, 0.3) is 5.91 Å². The van der Waals surface area contributed by atoms with Gasteiger partial charge in [0, 0.05) is 19.0 Å². The summed E-state index contributed by atoms with van der Waals surface area (Å²) in [6, 6.07) is 24.1. The fourth-order valence-electron chi connectivity index (χ4n) is 3.83. The number of carbonyl (C=O) groups is 2. The normalized spacial score (nSPS) is 12.3. The van der Waals surface area contributed by atoms with E-state index in [9.17, 15) is 9.59 Å². The summed E-state index contributed by atoms with van der Waals surface area (Å²) in [5.41, 5.74) is 2.95. The molecule has 0 saturated carbocycles. The van der Waals surface area contributed by atoms with Crippen LogP contribution >= 0.6 is 0 Å². The lowest BCUT2D eigenvalue weighted by molar-refractivity contribution is -0.143. The van der Waals surface area contributed by atoms with Crippen LogP contribution < -0.4 is 14.8 Å². The highest BCUT2D eigenvalue weighted by atomic mass is 16.5. The number of hydrogen-bond donors (Lipinski definition) is 1. The predicted octanol–water partition coefficient (Wildman–Crippen LogP) is 4.94. The average Bonchev–Trinajstić information content (AvgIpc) is 2.90. The topological polar surface area (TPSA) is 67.9 Å². The lowest BCUT2D eigenvalue weighted by atomic mass is 10.0. The molecule has 3 rings (SSSR count). The number of hydrogen-bond acceptors (Lipinski definition) is 4. The van der Waals surface area contributed by atoms with Crippen molar-refractivity contribution in [3.8, 4) is 11.5 Å². The van der Waals surface area contributed by atoms with Gasteiger partial charge in [-0.3, -0.25) is 9.59 Å². The molecule has 0 bridgehead atoms. The van der Waals surface area contributed by atoms with Crippen LogP contribution in [0.15, 0.2) is 78.9 Å². The molecule has 2 atom stereocenters. The van der Waals surface area contributed by atoms with Gasteiger partial charge in [0.2, 0.25) is 5.91 Å². The van der Waals surface area contributed by atoms with Crippen LogP contribution in [0.2, 0.25) is 0 Å². The highest BCUT2D eigenvalue weighted by Crippen LogP contribution is 2.19. The van der Waals surface area contributed by atoms with Crippen molar-refractivity contribution in [2.24, 2.45) is 0 Å². The second kappa shape index (κ2) is 13.3. The third-order valence-electron chi connectivity index (χ3n) is 6.14. The van der Waals surface area contributed by atoms with Crippen LogP contribution in [0.5, 0.6) is 11.5 Å². The molecule has 190 valence electrons. The van der Waals surface area contributed by atoms with Crippen molar-refractivity contribution in [1.29, 1.82) is 0 Å². The Balaban J connectivity index is 1.92. The molecule has 3 aromatic rings. The SMILES string of the molecule is CC[C@@H](C)NC(=O)[C@H](Cc1ccccc1)N(Cc1cccc(OC)c1)C(=O)COc1ccc(C)cc1. The van der Waals surface area contributed by atoms with Crippen LogP contribution in [0.4, 0.5) is 0 Å². The monoisotopic (exact) mass is 488 g/mol. The van der Waals surface area contributed by atoms with E-state index < -0.39 is 6.04 Å². The molecule has 0 radical (unpaired) electrons. The molecule has 36 heavy (non-hydrogen) atoms. The van der Waals surface area contributed by atoms with Crippen molar-refractivity contribution in [3.05, 3.63) is 95.6 Å². The first-order valence-corrected chi connectivity index (χ1v) is 12.4. The highest BCUT2D eigenvalue weighted by Gasteiger charge is 2.31. The molecule has 0 fully saturated rings. The third-order valence-corrected chi connectivity index (χ3v) is 6.14. The summed E-state index contributed by atoms with van der Waals surface area (Å²) in [6.45, 7) is 6.06. The van der Waals surface area contributed by atoms with E-state index in [1.165, 1.54) is 0 Å². The number of carbonyl (C=O) groups excluding carboxylic acids is 2. The van der Waals surface area contributed by atoms with E-state index in [1.54, 1.807) is 12.0 Å². The van der Waals surface area contributed by atoms with Crippen LogP contribution in [0, 0.1) is 6.92 Å². The van der Waals surface area contributed by atoms with Gasteiger partial charge in [0.1, 0.15) is 17.5 Å². The summed E-state index contributed by atoms with van der Waals surface area (Å²) in [5.74, 6) is 0.858. The molecule has 0 unspecified atom stereocenters. The smallest absolute Gasteiger partial charge is 0.261 e. The minimum Gasteiger partial charge on any atom is -0.497 e. The largest absolute Gasteiger partial charge is 0.497 e. The minimum atomic E-state index is -0.707. The van der Waals surface area contributed by atoms with Gasteiger partial charge >= 0.3 is 0 Å². The molecule has 3 aromatic carbocycles. The summed E-state index contributed by atoms with van der Waals surface area (Å²) in [4.78, 5) is 28.8. The van der Waals surface area contributed by atoms with E-state index in [1.807, 2.05) is 99.6 Å². The number of nitrogens with one attached hydrogen (secondary N) is 1. The molecule has 0 saturated heterocycles. The Hall–Kier alpha value is -3.80. The Morgan fingerprint density at radius 1 is 0.917 bits per heavy atom. The number of aryl methyl sites for hydroxylation is 1. The molecular weight excluding hydrogens is 452 g/mol. The Morgan fingerprint density at radius 2 is 1.61 bits per heavy atom. The number of nitrogens with zero attached hydrogens (tertiary/aromatic N) is 1. The molecule has 0 spiro atoms. The summed E-state index contributed by atoms with van der Waals surface area (Å²) >= 11 is 0. The van der Waals surface area contributed by atoms with Crippen molar-refractivity contribution in [1.82, 2.24) is 10.2 Å². The summed E-state index contributed by atoms with van der Waals surface area (Å²) in [5, 5.41) is 3.08. The Bertz CT molecular complexity index is 1120. The fraction of sp³-hybridized carbons (Fsp3) is 0.333. The first kappa shape index (κ1) is 26.8. The molecule has 0 aliphatic carbocycles. The number of benzene rings is 3. The Labute approximate surface area is 214 Å². The van der Waals surface area contributed by atoms with E-state index in [-0.39, 0.29) is 31.0 Å². The maximum atomic E-state index is 13.6. The summed E-state index contributed by atoms with van der Waals surface area (Å²) in [6.07, 6.45) is 1.19.